The van der Waals surface area contributed by atoms with Crippen LogP contribution in [0.1, 0.15) is 51.1 Å². The van der Waals surface area contributed by atoms with E-state index in [9.17, 15) is 4.79 Å². The number of carbonyl (C=O) groups excluding carboxylic acids is 1. The van der Waals surface area contributed by atoms with Gasteiger partial charge < -0.3 is 4.90 Å². The van der Waals surface area contributed by atoms with Crippen LogP contribution in [0.3, 0.4) is 0 Å². The topological polar surface area (TPSA) is 54.3 Å². The fourth-order valence-electron chi connectivity index (χ4n) is 3.54. The van der Waals surface area contributed by atoms with Crippen molar-refractivity contribution in [1.82, 2.24) is 24.6 Å². The lowest BCUT2D eigenvalue weighted by Crippen LogP contribution is -2.39. The van der Waals surface area contributed by atoms with Crippen molar-refractivity contribution in [2.75, 3.05) is 20.1 Å². The van der Waals surface area contributed by atoms with E-state index < -0.39 is 0 Å². The normalized spacial score (nSPS) is 15.5. The van der Waals surface area contributed by atoms with Gasteiger partial charge in [-0.05, 0) is 64.3 Å². The van der Waals surface area contributed by atoms with Crippen LogP contribution in [0.15, 0.2) is 48.7 Å². The maximum atomic E-state index is 12.9. The Kier molecular flexibility index (Phi) is 6.40. The molecule has 1 aliphatic carbocycles. The van der Waals surface area contributed by atoms with Gasteiger partial charge in [0.15, 0.2) is 0 Å². The van der Waals surface area contributed by atoms with Crippen LogP contribution in [-0.4, -0.2) is 50.6 Å². The van der Waals surface area contributed by atoms with Gasteiger partial charge in [-0.25, -0.2) is 9.67 Å². The highest BCUT2D eigenvalue weighted by atomic mass is 16.2. The molecule has 0 radical (unpaired) electrons. The molecule has 1 heterocycles. The summed E-state index contributed by atoms with van der Waals surface area (Å²) in [7, 11) is 2.01. The summed E-state index contributed by atoms with van der Waals surface area (Å²) in [6.45, 7) is 5.34. The van der Waals surface area contributed by atoms with Crippen LogP contribution in [0.25, 0.3) is 5.69 Å². The Balaban J connectivity index is 1.63. The molecule has 0 aliphatic heterocycles. The summed E-state index contributed by atoms with van der Waals surface area (Å²) in [5.74, 6) is 0.180. The monoisotopic (exact) mass is 367 g/mol. The number of rotatable bonds is 7. The van der Waals surface area contributed by atoms with Gasteiger partial charge in [0.05, 0.1) is 12.2 Å². The van der Waals surface area contributed by atoms with Gasteiger partial charge in [0, 0.05) is 18.3 Å². The van der Waals surface area contributed by atoms with E-state index in [0.717, 1.165) is 25.1 Å². The van der Waals surface area contributed by atoms with Crippen molar-refractivity contribution in [3.8, 4) is 5.69 Å². The average Bonchev–Trinajstić information content (AvgIpc) is 3.24. The van der Waals surface area contributed by atoms with Gasteiger partial charge in [-0.2, -0.15) is 5.10 Å². The Morgan fingerprint density at radius 1 is 1.26 bits per heavy atom. The molecule has 1 aliphatic rings. The summed E-state index contributed by atoms with van der Waals surface area (Å²) in [5.41, 5.74) is 3.35. The summed E-state index contributed by atoms with van der Waals surface area (Å²) in [6.07, 6.45) is 9.96. The van der Waals surface area contributed by atoms with Crippen molar-refractivity contribution in [2.45, 2.75) is 45.6 Å². The number of allylic oxidation sites excluding steroid dienone is 2. The minimum absolute atomic E-state index is 0.151. The van der Waals surface area contributed by atoms with Crippen LogP contribution >= 0.6 is 0 Å². The predicted octanol–water partition coefficient (Wildman–Crippen LogP) is 3.57. The van der Waals surface area contributed by atoms with E-state index in [0.29, 0.717) is 6.54 Å². The van der Waals surface area contributed by atoms with Crippen molar-refractivity contribution < 1.29 is 4.79 Å². The summed E-state index contributed by atoms with van der Waals surface area (Å²) in [6, 6.07) is 8.38. The predicted molar refractivity (Wildman–Crippen MR) is 106 cm³/mol. The molecule has 0 bridgehead atoms. The van der Waals surface area contributed by atoms with E-state index in [-0.39, 0.29) is 11.9 Å². The molecule has 0 spiro atoms. The zero-order chi connectivity index (χ0) is 19.2. The fourth-order valence-corrected chi connectivity index (χ4v) is 3.54. The zero-order valence-electron chi connectivity index (χ0n) is 16.5. The average molecular weight is 367 g/mol. The quantitative estimate of drug-likeness (QED) is 0.751. The van der Waals surface area contributed by atoms with Gasteiger partial charge in [-0.1, -0.05) is 18.2 Å². The third-order valence-corrected chi connectivity index (χ3v) is 5.34. The number of nitrogens with zero attached hydrogens (tertiary/aromatic N) is 5. The third kappa shape index (κ3) is 4.63. The number of likely N-dealkylation sites (N-methyl/N-ethyl adjacent to an activating group) is 2. The summed E-state index contributed by atoms with van der Waals surface area (Å²) in [5, 5.41) is 4.15. The standard InChI is InChI=1S/C21H29N5O/c1-4-25(19-8-6-5-7-9-19)21(27)14-24(3)17(2)18-10-12-20(13-11-18)26-16-22-15-23-26/h8,10-13,15-17H,4-7,9,14H2,1-3H3/t17-/m1/s1. The smallest absolute Gasteiger partial charge is 0.240 e. The first kappa shape index (κ1) is 19.3. The minimum Gasteiger partial charge on any atom is -0.316 e. The van der Waals surface area contributed by atoms with Gasteiger partial charge in [0.25, 0.3) is 0 Å². The first-order valence-electron chi connectivity index (χ1n) is 9.74. The maximum absolute atomic E-state index is 12.9. The maximum Gasteiger partial charge on any atom is 0.240 e. The summed E-state index contributed by atoms with van der Waals surface area (Å²) < 4.78 is 1.73. The molecule has 6 heteroatoms. The highest BCUT2D eigenvalue weighted by Gasteiger charge is 2.21. The zero-order valence-corrected chi connectivity index (χ0v) is 16.5. The van der Waals surface area contributed by atoms with Gasteiger partial charge in [0.1, 0.15) is 12.7 Å². The largest absolute Gasteiger partial charge is 0.316 e. The molecule has 3 rings (SSSR count). The number of benzene rings is 1. The second-order valence-electron chi connectivity index (χ2n) is 7.10. The van der Waals surface area contributed by atoms with E-state index in [1.54, 1.807) is 11.0 Å². The first-order chi connectivity index (χ1) is 13.1. The van der Waals surface area contributed by atoms with Gasteiger partial charge in [0.2, 0.25) is 5.91 Å². The molecule has 27 heavy (non-hydrogen) atoms. The first-order valence-corrected chi connectivity index (χ1v) is 9.74. The van der Waals surface area contributed by atoms with E-state index in [1.807, 2.05) is 24.1 Å². The molecule has 144 valence electrons. The number of hydrogen-bond donors (Lipinski definition) is 0. The van der Waals surface area contributed by atoms with Gasteiger partial charge in [-0.15, -0.1) is 0 Å². The molecule has 1 atom stereocenters. The Morgan fingerprint density at radius 2 is 2.04 bits per heavy atom. The lowest BCUT2D eigenvalue weighted by molar-refractivity contribution is -0.130. The van der Waals surface area contributed by atoms with Crippen molar-refractivity contribution in [3.63, 3.8) is 0 Å². The molecule has 0 saturated heterocycles. The van der Waals surface area contributed by atoms with Crippen molar-refractivity contribution in [2.24, 2.45) is 0 Å². The van der Waals surface area contributed by atoms with E-state index in [1.165, 1.54) is 30.4 Å². The van der Waals surface area contributed by atoms with E-state index in [2.05, 4.69) is 47.0 Å². The summed E-state index contributed by atoms with van der Waals surface area (Å²) in [4.78, 5) is 20.9. The lowest BCUT2D eigenvalue weighted by atomic mass is 10.0. The molecule has 0 unspecified atom stereocenters. The molecule has 1 amide bonds. The number of carbonyl (C=O) groups is 1. The Morgan fingerprint density at radius 3 is 2.63 bits per heavy atom. The van der Waals surface area contributed by atoms with Crippen molar-refractivity contribution in [1.29, 1.82) is 0 Å². The molecule has 6 nitrogen and oxygen atoms in total. The highest BCUT2D eigenvalue weighted by Crippen LogP contribution is 2.23. The van der Waals surface area contributed by atoms with E-state index in [4.69, 9.17) is 0 Å². The van der Waals surface area contributed by atoms with Gasteiger partial charge in [-0.3, -0.25) is 9.69 Å². The second-order valence-corrected chi connectivity index (χ2v) is 7.10. The Hall–Kier alpha value is -2.47. The Labute approximate surface area is 161 Å². The van der Waals surface area contributed by atoms with Crippen LogP contribution in [0, 0.1) is 0 Å². The SMILES string of the molecule is CCN(C(=O)CN(C)[C@H](C)c1ccc(-n2cncn2)cc1)C1=CCCCC1. The van der Waals surface area contributed by atoms with Crippen LogP contribution in [0.5, 0.6) is 0 Å². The molecule has 1 aromatic carbocycles. The molecule has 2 aromatic rings. The molecular weight excluding hydrogens is 338 g/mol. The van der Waals surface area contributed by atoms with Crippen LogP contribution in [-0.2, 0) is 4.79 Å². The van der Waals surface area contributed by atoms with Crippen molar-refractivity contribution in [3.05, 3.63) is 54.3 Å². The highest BCUT2D eigenvalue weighted by molar-refractivity contribution is 5.80. The van der Waals surface area contributed by atoms with E-state index >= 15 is 0 Å². The lowest BCUT2D eigenvalue weighted by Gasteiger charge is -2.30. The number of amides is 1. The van der Waals surface area contributed by atoms with Gasteiger partial charge >= 0.3 is 0 Å². The molecule has 1 aromatic heterocycles. The van der Waals surface area contributed by atoms with Crippen LogP contribution in [0.2, 0.25) is 0 Å². The fraction of sp³-hybridized carbons (Fsp3) is 0.476. The molecular formula is C21H29N5O. The molecule has 0 fully saturated rings. The molecule has 0 N–H and O–H groups in total. The van der Waals surface area contributed by atoms with Crippen molar-refractivity contribution >= 4 is 5.91 Å². The Bertz CT molecular complexity index is 766. The third-order valence-electron chi connectivity index (χ3n) is 5.34. The minimum atomic E-state index is 0.151. The van der Waals surface area contributed by atoms with Crippen LogP contribution < -0.4 is 0 Å². The number of aromatic nitrogens is 3. The second kappa shape index (κ2) is 8.95. The number of hydrogen-bond acceptors (Lipinski definition) is 4. The summed E-state index contributed by atoms with van der Waals surface area (Å²) >= 11 is 0. The van der Waals surface area contributed by atoms with Crippen LogP contribution in [0.4, 0.5) is 0 Å². The molecule has 0 saturated carbocycles.